The fourth-order valence-corrected chi connectivity index (χ4v) is 4.09. The molecule has 43 heavy (non-hydrogen) atoms. The number of alkyl carbamates (subject to hydrolysis) is 2. The number of esters is 1. The minimum Gasteiger partial charge on any atom is -0.508 e. The van der Waals surface area contributed by atoms with Gasteiger partial charge in [0, 0.05) is 13.0 Å². The van der Waals surface area contributed by atoms with Crippen molar-refractivity contribution in [1.29, 1.82) is 0 Å². The molecule has 0 radical (unpaired) electrons. The molecule has 0 bridgehead atoms. The van der Waals surface area contributed by atoms with Crippen LogP contribution in [0.1, 0.15) is 36.0 Å². The number of methoxy groups -OCH3 is 1. The van der Waals surface area contributed by atoms with Gasteiger partial charge < -0.3 is 35.3 Å². The number of amides is 3. The van der Waals surface area contributed by atoms with Gasteiger partial charge in [0.05, 0.1) is 7.11 Å². The van der Waals surface area contributed by atoms with Gasteiger partial charge >= 0.3 is 18.2 Å². The van der Waals surface area contributed by atoms with E-state index in [1.807, 2.05) is 48.5 Å². The van der Waals surface area contributed by atoms with Crippen LogP contribution in [0.15, 0.2) is 84.9 Å². The topological polar surface area (TPSA) is 152 Å². The van der Waals surface area contributed by atoms with E-state index in [9.17, 15) is 24.3 Å². The summed E-state index contributed by atoms with van der Waals surface area (Å²) in [4.78, 5) is 50.4. The molecule has 0 aliphatic heterocycles. The number of rotatable bonds is 15. The van der Waals surface area contributed by atoms with Crippen molar-refractivity contribution in [3.63, 3.8) is 0 Å². The van der Waals surface area contributed by atoms with Crippen molar-refractivity contribution in [2.75, 3.05) is 13.7 Å². The van der Waals surface area contributed by atoms with Crippen molar-refractivity contribution in [3.05, 3.63) is 102 Å². The summed E-state index contributed by atoms with van der Waals surface area (Å²) in [6, 6.07) is 22.5. The lowest BCUT2D eigenvalue weighted by Gasteiger charge is -2.22. The number of phenolic OH excluding ortho intramolecular Hbond substituents is 1. The molecule has 3 aromatic rings. The van der Waals surface area contributed by atoms with Crippen molar-refractivity contribution >= 4 is 24.1 Å². The Hall–Kier alpha value is -5.06. The van der Waals surface area contributed by atoms with Crippen LogP contribution in [0.2, 0.25) is 0 Å². The lowest BCUT2D eigenvalue weighted by atomic mass is 10.0. The van der Waals surface area contributed by atoms with Crippen LogP contribution < -0.4 is 16.0 Å². The monoisotopic (exact) mass is 591 g/mol. The Balaban J connectivity index is 1.55. The van der Waals surface area contributed by atoms with Crippen LogP contribution in [0.5, 0.6) is 5.75 Å². The number of nitrogens with one attached hydrogen (secondary N) is 3. The number of hydrogen-bond donors (Lipinski definition) is 4. The number of benzene rings is 3. The maximum absolute atomic E-state index is 13.3. The van der Waals surface area contributed by atoms with Gasteiger partial charge in [-0.3, -0.25) is 4.79 Å². The molecule has 11 heteroatoms. The van der Waals surface area contributed by atoms with Gasteiger partial charge in [-0.05, 0) is 48.1 Å². The Labute approximate surface area is 250 Å². The van der Waals surface area contributed by atoms with Gasteiger partial charge in [0.2, 0.25) is 5.91 Å². The van der Waals surface area contributed by atoms with E-state index in [1.54, 1.807) is 24.3 Å². The van der Waals surface area contributed by atoms with E-state index in [0.29, 0.717) is 24.9 Å². The highest BCUT2D eigenvalue weighted by molar-refractivity contribution is 5.89. The van der Waals surface area contributed by atoms with Crippen LogP contribution in [-0.4, -0.2) is 54.9 Å². The van der Waals surface area contributed by atoms with Crippen LogP contribution in [0.4, 0.5) is 9.59 Å². The Kier molecular flexibility index (Phi) is 13.3. The number of carbonyl (C=O) groups is 4. The van der Waals surface area contributed by atoms with Crippen LogP contribution in [0, 0.1) is 0 Å². The maximum Gasteiger partial charge on any atom is 0.408 e. The molecule has 3 aromatic carbocycles. The molecule has 4 N–H and O–H groups in total. The third-order valence-corrected chi connectivity index (χ3v) is 6.40. The smallest absolute Gasteiger partial charge is 0.408 e. The molecule has 3 rings (SSSR count). The second-order valence-electron chi connectivity index (χ2n) is 9.70. The third-order valence-electron chi connectivity index (χ3n) is 6.40. The zero-order valence-corrected chi connectivity index (χ0v) is 24.0. The predicted molar refractivity (Wildman–Crippen MR) is 158 cm³/mol. The summed E-state index contributed by atoms with van der Waals surface area (Å²) in [5, 5.41) is 17.5. The zero-order valence-electron chi connectivity index (χ0n) is 24.0. The Morgan fingerprint density at radius 2 is 1.28 bits per heavy atom. The standard InChI is InChI=1S/C32H37N3O8/c1-41-30(38)28(20-23-15-17-26(36)18-16-23)34-29(37)27(35-32(40)43-22-25-12-6-3-7-13-25)14-8-9-19-33-31(39)42-21-24-10-4-2-5-11-24/h2-7,10-13,15-18,27-28,36H,8-9,14,19-22H2,1H3,(H,33,39)(H,34,37)(H,35,40)/t27-,28+/m1/s1. The predicted octanol–water partition coefficient (Wildman–Crippen LogP) is 3.98. The van der Waals surface area contributed by atoms with Gasteiger partial charge in [-0.2, -0.15) is 0 Å². The lowest BCUT2D eigenvalue weighted by molar-refractivity contribution is -0.145. The van der Waals surface area contributed by atoms with E-state index >= 15 is 0 Å². The average Bonchev–Trinajstić information content (AvgIpc) is 3.03. The molecule has 11 nitrogen and oxygen atoms in total. The number of ether oxygens (including phenoxy) is 3. The summed E-state index contributed by atoms with van der Waals surface area (Å²) in [6.07, 6.45) is -0.0786. The summed E-state index contributed by atoms with van der Waals surface area (Å²) in [7, 11) is 1.22. The molecule has 2 atom stereocenters. The van der Waals surface area contributed by atoms with Gasteiger partial charge in [0.1, 0.15) is 31.0 Å². The molecular weight excluding hydrogens is 554 g/mol. The quantitative estimate of drug-likeness (QED) is 0.118. The highest BCUT2D eigenvalue weighted by Crippen LogP contribution is 2.13. The molecule has 0 aliphatic carbocycles. The first-order valence-electron chi connectivity index (χ1n) is 13.9. The average molecular weight is 592 g/mol. The zero-order chi connectivity index (χ0) is 30.9. The normalized spacial score (nSPS) is 11.8. The summed E-state index contributed by atoms with van der Waals surface area (Å²) in [5.74, 6) is -1.19. The number of unbranched alkanes of at least 4 members (excludes halogenated alkanes) is 1. The molecule has 3 amide bonds. The molecule has 0 saturated heterocycles. The second kappa shape index (κ2) is 17.7. The number of hydrogen-bond acceptors (Lipinski definition) is 8. The Morgan fingerprint density at radius 1 is 0.698 bits per heavy atom. The molecule has 0 heterocycles. The first kappa shape index (κ1) is 32.5. The van der Waals surface area contributed by atoms with E-state index in [-0.39, 0.29) is 31.8 Å². The second-order valence-corrected chi connectivity index (χ2v) is 9.70. The summed E-state index contributed by atoms with van der Waals surface area (Å²) in [6.45, 7) is 0.461. The fraction of sp³-hybridized carbons (Fsp3) is 0.312. The van der Waals surface area contributed by atoms with E-state index in [2.05, 4.69) is 16.0 Å². The van der Waals surface area contributed by atoms with Crippen LogP contribution in [0.25, 0.3) is 0 Å². The largest absolute Gasteiger partial charge is 0.508 e. The first-order chi connectivity index (χ1) is 20.8. The van der Waals surface area contributed by atoms with E-state index < -0.39 is 36.1 Å². The van der Waals surface area contributed by atoms with Crippen LogP contribution in [0.3, 0.4) is 0 Å². The molecule has 0 aromatic heterocycles. The van der Waals surface area contributed by atoms with Crippen molar-refractivity contribution in [3.8, 4) is 5.75 Å². The van der Waals surface area contributed by atoms with Crippen molar-refractivity contribution < 1.29 is 38.5 Å². The van der Waals surface area contributed by atoms with Crippen LogP contribution in [-0.2, 0) is 43.4 Å². The minimum atomic E-state index is -1.03. The minimum absolute atomic E-state index is 0.0155. The molecule has 0 unspecified atom stereocenters. The SMILES string of the molecule is COC(=O)[C@H](Cc1ccc(O)cc1)NC(=O)[C@@H](CCCCNC(=O)OCc1ccccc1)NC(=O)OCc1ccccc1. The third kappa shape index (κ3) is 12.1. The highest BCUT2D eigenvalue weighted by Gasteiger charge is 2.28. The number of carbonyl (C=O) groups excluding carboxylic acids is 4. The molecular formula is C32H37N3O8. The molecule has 0 aliphatic rings. The summed E-state index contributed by atoms with van der Waals surface area (Å²) >= 11 is 0. The Morgan fingerprint density at radius 3 is 1.86 bits per heavy atom. The van der Waals surface area contributed by atoms with Gasteiger partial charge in [-0.1, -0.05) is 72.8 Å². The highest BCUT2D eigenvalue weighted by atomic mass is 16.6. The molecule has 228 valence electrons. The number of phenols is 1. The van der Waals surface area contributed by atoms with Gasteiger partial charge in [0.15, 0.2) is 0 Å². The van der Waals surface area contributed by atoms with E-state index in [1.165, 1.54) is 19.2 Å². The number of aromatic hydroxyl groups is 1. The lowest BCUT2D eigenvalue weighted by Crippen LogP contribution is -2.52. The summed E-state index contributed by atoms with van der Waals surface area (Å²) < 4.78 is 15.4. The van der Waals surface area contributed by atoms with Gasteiger partial charge in [-0.15, -0.1) is 0 Å². The van der Waals surface area contributed by atoms with Crippen LogP contribution >= 0.6 is 0 Å². The van der Waals surface area contributed by atoms with Gasteiger partial charge in [0.25, 0.3) is 0 Å². The molecule has 0 spiro atoms. The van der Waals surface area contributed by atoms with Gasteiger partial charge in [-0.25, -0.2) is 14.4 Å². The Bertz CT molecular complexity index is 1300. The summed E-state index contributed by atoms with van der Waals surface area (Å²) in [5.41, 5.74) is 2.33. The van der Waals surface area contributed by atoms with E-state index in [0.717, 1.165) is 11.1 Å². The first-order valence-corrected chi connectivity index (χ1v) is 13.9. The van der Waals surface area contributed by atoms with Crippen molar-refractivity contribution in [2.24, 2.45) is 0 Å². The maximum atomic E-state index is 13.3. The fourth-order valence-electron chi connectivity index (χ4n) is 4.09. The molecule has 0 fully saturated rings. The van der Waals surface area contributed by atoms with Crippen molar-refractivity contribution in [1.82, 2.24) is 16.0 Å². The van der Waals surface area contributed by atoms with E-state index in [4.69, 9.17) is 14.2 Å². The molecule has 0 saturated carbocycles. The van der Waals surface area contributed by atoms with Crippen molar-refractivity contribution in [2.45, 2.75) is 51.0 Å².